The van der Waals surface area contributed by atoms with E-state index in [1.54, 1.807) is 6.20 Å². The van der Waals surface area contributed by atoms with E-state index in [0.717, 1.165) is 49.1 Å². The zero-order valence-corrected chi connectivity index (χ0v) is 19.4. The smallest absolute Gasteiger partial charge is 0.274 e. The summed E-state index contributed by atoms with van der Waals surface area (Å²) in [6, 6.07) is 5.80. The van der Waals surface area contributed by atoms with Crippen molar-refractivity contribution in [3.8, 4) is 11.3 Å². The van der Waals surface area contributed by atoms with Gasteiger partial charge in [0.15, 0.2) is 0 Å². The minimum absolute atomic E-state index is 0.00101. The van der Waals surface area contributed by atoms with Crippen LogP contribution in [-0.2, 0) is 0 Å². The van der Waals surface area contributed by atoms with Crippen molar-refractivity contribution in [3.05, 3.63) is 77.0 Å². The Labute approximate surface area is 201 Å². The molecule has 0 saturated heterocycles. The average molecular weight is 485 g/mol. The van der Waals surface area contributed by atoms with Crippen LogP contribution in [-0.4, -0.2) is 27.0 Å². The van der Waals surface area contributed by atoms with E-state index in [0.29, 0.717) is 11.6 Å². The minimum atomic E-state index is -1.11. The molecule has 1 amide bonds. The molecular formula is C26H27F3N4O2. The highest BCUT2D eigenvalue weighted by Crippen LogP contribution is 2.38. The number of pyridine rings is 2. The number of carbonyl (C=O) groups is 1. The van der Waals surface area contributed by atoms with Gasteiger partial charge in [-0.15, -0.1) is 0 Å². The monoisotopic (exact) mass is 484 g/mol. The zero-order valence-electron chi connectivity index (χ0n) is 19.4. The summed E-state index contributed by atoms with van der Waals surface area (Å²) in [6.07, 6.45) is 4.69. The van der Waals surface area contributed by atoms with Crippen LogP contribution in [0.2, 0.25) is 0 Å². The molecule has 0 spiro atoms. The third-order valence-corrected chi connectivity index (χ3v) is 6.38. The molecule has 35 heavy (non-hydrogen) atoms. The zero-order chi connectivity index (χ0) is 25.3. The summed E-state index contributed by atoms with van der Waals surface area (Å²) in [5, 5.41) is 12.4. The normalized spacial score (nSPS) is 20.9. The Kier molecular flexibility index (Phi) is 7.18. The van der Waals surface area contributed by atoms with Crippen LogP contribution >= 0.6 is 0 Å². The summed E-state index contributed by atoms with van der Waals surface area (Å²) >= 11 is 0. The molecule has 0 radical (unpaired) electrons. The van der Waals surface area contributed by atoms with Gasteiger partial charge in [0, 0.05) is 12.2 Å². The van der Waals surface area contributed by atoms with Crippen LogP contribution in [0.4, 0.5) is 18.9 Å². The largest absolute Gasteiger partial charge is 0.389 e. The summed E-state index contributed by atoms with van der Waals surface area (Å²) in [6.45, 7) is 3.49. The van der Waals surface area contributed by atoms with Crippen LogP contribution < -0.4 is 11.1 Å². The van der Waals surface area contributed by atoms with Crippen LogP contribution in [0.15, 0.2) is 42.7 Å². The quantitative estimate of drug-likeness (QED) is 0.468. The van der Waals surface area contributed by atoms with E-state index in [4.69, 9.17) is 5.73 Å². The first kappa shape index (κ1) is 24.8. The number of amides is 1. The van der Waals surface area contributed by atoms with Gasteiger partial charge >= 0.3 is 0 Å². The Hall–Kier alpha value is -3.30. The number of anilines is 1. The van der Waals surface area contributed by atoms with E-state index in [2.05, 4.69) is 22.2 Å². The second-order valence-corrected chi connectivity index (χ2v) is 9.25. The molecule has 1 aromatic carbocycles. The number of nitrogens with one attached hydrogen (secondary N) is 1. The predicted octanol–water partition coefficient (Wildman–Crippen LogP) is 5.10. The van der Waals surface area contributed by atoms with Crippen molar-refractivity contribution in [1.29, 1.82) is 0 Å². The fourth-order valence-electron chi connectivity index (χ4n) is 4.77. The van der Waals surface area contributed by atoms with Gasteiger partial charge in [-0.05, 0) is 79.5 Å². The predicted molar refractivity (Wildman–Crippen MR) is 126 cm³/mol. The first-order valence-corrected chi connectivity index (χ1v) is 11.5. The molecule has 2 heterocycles. The van der Waals surface area contributed by atoms with Crippen molar-refractivity contribution < 1.29 is 23.1 Å². The summed E-state index contributed by atoms with van der Waals surface area (Å²) in [7, 11) is 0. The van der Waals surface area contributed by atoms with Gasteiger partial charge in [-0.25, -0.2) is 18.2 Å². The number of aliphatic hydroxyl groups excluding tert-OH is 1. The molecule has 1 aliphatic carbocycles. The fourth-order valence-corrected chi connectivity index (χ4v) is 4.77. The first-order chi connectivity index (χ1) is 16.6. The van der Waals surface area contributed by atoms with Gasteiger partial charge in [0.2, 0.25) is 0 Å². The average Bonchev–Trinajstić information content (AvgIpc) is 2.79. The molecule has 0 bridgehead atoms. The van der Waals surface area contributed by atoms with Crippen LogP contribution in [0.3, 0.4) is 0 Å². The van der Waals surface area contributed by atoms with E-state index >= 15 is 0 Å². The lowest BCUT2D eigenvalue weighted by molar-refractivity contribution is 0.102. The maximum atomic E-state index is 14.7. The number of aromatic nitrogens is 2. The highest BCUT2D eigenvalue weighted by molar-refractivity contribution is 6.03. The van der Waals surface area contributed by atoms with Crippen LogP contribution in [0.5, 0.6) is 0 Å². The number of carbonyl (C=O) groups excluding carboxylic acids is 1. The number of hydrogen-bond donors (Lipinski definition) is 3. The van der Waals surface area contributed by atoms with E-state index in [1.807, 2.05) is 6.07 Å². The Morgan fingerprint density at radius 1 is 1.11 bits per heavy atom. The number of hydrogen-bond acceptors (Lipinski definition) is 5. The molecule has 1 aliphatic rings. The van der Waals surface area contributed by atoms with Gasteiger partial charge in [0.25, 0.3) is 5.91 Å². The SMILES string of the molecule is C[C@@H]1C[C@@H](N)C[C@H](c2ccncc2NC(=O)c2ccc(F)c(-c3c(F)cc([C@H](C)O)cc3F)n2)C1. The molecule has 3 aromatic rings. The van der Waals surface area contributed by atoms with E-state index in [-0.39, 0.29) is 23.2 Å². The third-order valence-electron chi connectivity index (χ3n) is 6.38. The van der Waals surface area contributed by atoms with Crippen molar-refractivity contribution in [1.82, 2.24) is 9.97 Å². The number of nitrogens with zero attached hydrogens (tertiary/aromatic N) is 2. The van der Waals surface area contributed by atoms with Gasteiger partial charge in [0.05, 0.1) is 23.6 Å². The van der Waals surface area contributed by atoms with Gasteiger partial charge in [-0.3, -0.25) is 9.78 Å². The maximum absolute atomic E-state index is 14.7. The van der Waals surface area contributed by atoms with Crippen molar-refractivity contribution in [3.63, 3.8) is 0 Å². The number of nitrogens with two attached hydrogens (primary N) is 1. The molecule has 4 N–H and O–H groups in total. The molecule has 0 aliphatic heterocycles. The van der Waals surface area contributed by atoms with E-state index in [1.165, 1.54) is 13.1 Å². The molecule has 6 nitrogen and oxygen atoms in total. The maximum Gasteiger partial charge on any atom is 0.274 e. The van der Waals surface area contributed by atoms with Gasteiger partial charge in [-0.1, -0.05) is 6.92 Å². The second kappa shape index (κ2) is 10.1. The molecule has 9 heteroatoms. The third kappa shape index (κ3) is 5.36. The minimum Gasteiger partial charge on any atom is -0.389 e. The van der Waals surface area contributed by atoms with E-state index < -0.39 is 40.7 Å². The molecular weight excluding hydrogens is 457 g/mol. The van der Waals surface area contributed by atoms with Crippen LogP contribution in [0.25, 0.3) is 11.3 Å². The topological polar surface area (TPSA) is 101 Å². The van der Waals surface area contributed by atoms with Crippen molar-refractivity contribution in [2.75, 3.05) is 5.32 Å². The lowest BCUT2D eigenvalue weighted by Gasteiger charge is -2.32. The van der Waals surface area contributed by atoms with E-state index in [9.17, 15) is 23.1 Å². The standard InChI is InChI=1S/C26H27F3N4O2/c1-13-7-16(9-17(30)8-13)18-5-6-31-12-23(18)33-26(35)22-4-3-19(27)25(32-22)24-20(28)10-15(14(2)34)11-21(24)29/h3-6,10-14,16-17,34H,7-9,30H2,1-2H3,(H,33,35)/t13-,14-,16+,17+/m0/s1. The number of benzene rings is 1. The summed E-state index contributed by atoms with van der Waals surface area (Å²) in [4.78, 5) is 21.1. The van der Waals surface area contributed by atoms with Crippen molar-refractivity contribution >= 4 is 11.6 Å². The fraction of sp³-hybridized carbons (Fsp3) is 0.346. The second-order valence-electron chi connectivity index (χ2n) is 9.25. The Morgan fingerprint density at radius 2 is 1.83 bits per heavy atom. The summed E-state index contributed by atoms with van der Waals surface area (Å²) in [5.74, 6) is -3.28. The number of halogens is 3. The van der Waals surface area contributed by atoms with Gasteiger partial charge in [-0.2, -0.15) is 0 Å². The van der Waals surface area contributed by atoms with Gasteiger partial charge < -0.3 is 16.2 Å². The molecule has 2 aromatic heterocycles. The number of aliphatic hydroxyl groups is 1. The lowest BCUT2D eigenvalue weighted by atomic mass is 9.76. The van der Waals surface area contributed by atoms with Crippen molar-refractivity contribution in [2.45, 2.75) is 51.2 Å². The Morgan fingerprint density at radius 3 is 2.49 bits per heavy atom. The summed E-state index contributed by atoms with van der Waals surface area (Å²) < 4.78 is 43.9. The highest BCUT2D eigenvalue weighted by Gasteiger charge is 2.28. The molecule has 1 saturated carbocycles. The van der Waals surface area contributed by atoms with Crippen molar-refractivity contribution in [2.24, 2.45) is 11.7 Å². The van der Waals surface area contributed by atoms with Crippen LogP contribution in [0, 0.1) is 23.4 Å². The van der Waals surface area contributed by atoms with Gasteiger partial charge in [0.1, 0.15) is 28.8 Å². The molecule has 4 atom stereocenters. The first-order valence-electron chi connectivity index (χ1n) is 11.5. The summed E-state index contributed by atoms with van der Waals surface area (Å²) in [5.41, 5.74) is 6.01. The lowest BCUT2D eigenvalue weighted by Crippen LogP contribution is -2.31. The Balaban J connectivity index is 1.64. The van der Waals surface area contributed by atoms with Crippen LogP contribution in [0.1, 0.15) is 66.7 Å². The highest BCUT2D eigenvalue weighted by atomic mass is 19.1. The molecule has 0 unspecified atom stereocenters. The molecule has 1 fully saturated rings. The Bertz CT molecular complexity index is 1220. The number of rotatable bonds is 5. The molecule has 4 rings (SSSR count). The molecule has 184 valence electrons.